The molecule has 0 fully saturated rings. The summed E-state index contributed by atoms with van der Waals surface area (Å²) in [4.78, 5) is 17.2. The van der Waals surface area contributed by atoms with Gasteiger partial charge in [0.15, 0.2) is 16.8 Å². The first-order valence-electron chi connectivity index (χ1n) is 9.78. The molecule has 0 atom stereocenters. The molecule has 6 nitrogen and oxygen atoms in total. The van der Waals surface area contributed by atoms with Crippen molar-refractivity contribution in [1.82, 2.24) is 30.1 Å². The Bertz CT molecular complexity index is 1630. The summed E-state index contributed by atoms with van der Waals surface area (Å²) < 4.78 is 28.5. The normalized spacial score (nSPS) is 11.6. The first-order valence-corrected chi connectivity index (χ1v) is 10.6. The maximum atomic E-state index is 14.9. The second-order valence-corrected chi connectivity index (χ2v) is 8.42. The molecule has 0 spiro atoms. The third-order valence-electron chi connectivity index (χ3n) is 5.41. The van der Waals surface area contributed by atoms with Gasteiger partial charge in [-0.2, -0.15) is 9.49 Å². The highest BCUT2D eigenvalue weighted by Crippen LogP contribution is 2.35. The second kappa shape index (κ2) is 7.03. The summed E-state index contributed by atoms with van der Waals surface area (Å²) in [7, 11) is 0. The standard InChI is InChI=1S/C23H14F2N6S/c1-11-4-6-26-10-14(11)12-8-13-19(15(24)9-12)30-31-20(13)23-28-16-5-7-27-22(21(16)29-23)17-2-3-18(25)32-17/h2-10H,1H3,(H,28,29)(H,30,31). The van der Waals surface area contributed by atoms with E-state index in [9.17, 15) is 8.78 Å². The van der Waals surface area contributed by atoms with Crippen LogP contribution >= 0.6 is 11.3 Å². The number of fused-ring (bicyclic) bond motifs is 2. The van der Waals surface area contributed by atoms with Gasteiger partial charge in [-0.3, -0.25) is 15.1 Å². The van der Waals surface area contributed by atoms with E-state index in [2.05, 4.69) is 25.1 Å². The minimum absolute atomic E-state index is 0.226. The highest BCUT2D eigenvalue weighted by molar-refractivity contribution is 7.13. The Morgan fingerprint density at radius 2 is 1.91 bits per heavy atom. The summed E-state index contributed by atoms with van der Waals surface area (Å²) in [6, 6.07) is 10.1. The van der Waals surface area contributed by atoms with Crippen LogP contribution in [0.2, 0.25) is 0 Å². The molecule has 1 aromatic carbocycles. The van der Waals surface area contributed by atoms with Crippen molar-refractivity contribution in [3.05, 3.63) is 71.5 Å². The van der Waals surface area contributed by atoms with Gasteiger partial charge in [0, 0.05) is 29.5 Å². The summed E-state index contributed by atoms with van der Waals surface area (Å²) in [5.74, 6) is 0.0593. The van der Waals surface area contributed by atoms with E-state index in [1.54, 1.807) is 30.7 Å². The first kappa shape index (κ1) is 18.8. The molecule has 0 aliphatic heterocycles. The fourth-order valence-corrected chi connectivity index (χ4v) is 4.58. The van der Waals surface area contributed by atoms with Crippen molar-refractivity contribution in [3.8, 4) is 33.2 Å². The van der Waals surface area contributed by atoms with Crippen LogP contribution in [0.4, 0.5) is 8.78 Å². The van der Waals surface area contributed by atoms with Gasteiger partial charge >= 0.3 is 0 Å². The van der Waals surface area contributed by atoms with Crippen molar-refractivity contribution >= 4 is 33.3 Å². The third kappa shape index (κ3) is 2.89. The average molecular weight is 444 g/mol. The monoisotopic (exact) mass is 444 g/mol. The maximum absolute atomic E-state index is 14.9. The molecule has 5 heterocycles. The molecule has 0 radical (unpaired) electrons. The van der Waals surface area contributed by atoms with Gasteiger partial charge in [0.1, 0.15) is 22.4 Å². The smallest absolute Gasteiger partial charge is 0.177 e. The third-order valence-corrected chi connectivity index (χ3v) is 6.29. The van der Waals surface area contributed by atoms with E-state index in [4.69, 9.17) is 4.98 Å². The zero-order valence-electron chi connectivity index (χ0n) is 16.6. The molecule has 0 bridgehead atoms. The van der Waals surface area contributed by atoms with Gasteiger partial charge in [-0.15, -0.1) is 11.3 Å². The van der Waals surface area contributed by atoms with Crippen molar-refractivity contribution in [2.24, 2.45) is 0 Å². The molecule has 0 unspecified atom stereocenters. The highest BCUT2D eigenvalue weighted by Gasteiger charge is 2.19. The summed E-state index contributed by atoms with van der Waals surface area (Å²) in [6.45, 7) is 1.95. The van der Waals surface area contributed by atoms with Gasteiger partial charge in [-0.1, -0.05) is 0 Å². The number of aromatic nitrogens is 6. The van der Waals surface area contributed by atoms with Crippen LogP contribution in [-0.4, -0.2) is 30.1 Å². The van der Waals surface area contributed by atoms with Gasteiger partial charge in [0.25, 0.3) is 0 Å². The molecule has 32 heavy (non-hydrogen) atoms. The van der Waals surface area contributed by atoms with Crippen LogP contribution in [0.25, 0.3) is 55.2 Å². The number of H-pyrrole nitrogens is 2. The van der Waals surface area contributed by atoms with Crippen LogP contribution in [0.15, 0.2) is 55.0 Å². The van der Waals surface area contributed by atoms with Crippen LogP contribution in [0.5, 0.6) is 0 Å². The molecule has 2 N–H and O–H groups in total. The Balaban J connectivity index is 1.55. The van der Waals surface area contributed by atoms with E-state index >= 15 is 0 Å². The van der Waals surface area contributed by atoms with Crippen molar-refractivity contribution in [2.45, 2.75) is 6.92 Å². The van der Waals surface area contributed by atoms with Crippen molar-refractivity contribution in [1.29, 1.82) is 0 Å². The predicted molar refractivity (Wildman–Crippen MR) is 120 cm³/mol. The lowest BCUT2D eigenvalue weighted by Crippen LogP contribution is -1.88. The molecular formula is C23H14F2N6S. The Labute approximate surface area is 184 Å². The van der Waals surface area contributed by atoms with Gasteiger partial charge in [0.05, 0.1) is 10.4 Å². The molecule has 5 aromatic heterocycles. The number of halogens is 2. The Kier molecular flexibility index (Phi) is 4.12. The lowest BCUT2D eigenvalue weighted by atomic mass is 10.0. The number of hydrogen-bond donors (Lipinski definition) is 2. The van der Waals surface area contributed by atoms with Gasteiger partial charge in [0.2, 0.25) is 0 Å². The molecule has 156 valence electrons. The number of rotatable bonds is 3. The number of aryl methyl sites for hydroxylation is 1. The Hall–Kier alpha value is -3.98. The van der Waals surface area contributed by atoms with Crippen LogP contribution in [0, 0.1) is 17.9 Å². The molecule has 0 saturated carbocycles. The van der Waals surface area contributed by atoms with Crippen molar-refractivity contribution in [3.63, 3.8) is 0 Å². The fraction of sp³-hybridized carbons (Fsp3) is 0.0435. The molecule has 0 aliphatic carbocycles. The number of nitrogens with zero attached hydrogens (tertiary/aromatic N) is 4. The van der Waals surface area contributed by atoms with E-state index < -0.39 is 5.82 Å². The number of benzene rings is 1. The number of pyridine rings is 2. The zero-order chi connectivity index (χ0) is 21.8. The summed E-state index contributed by atoms with van der Waals surface area (Å²) >= 11 is 1.01. The fourth-order valence-electron chi connectivity index (χ4n) is 3.85. The minimum Gasteiger partial charge on any atom is -0.337 e. The molecule has 9 heteroatoms. The highest BCUT2D eigenvalue weighted by atomic mass is 32.1. The topological polar surface area (TPSA) is 83.1 Å². The first-order chi connectivity index (χ1) is 15.6. The van der Waals surface area contributed by atoms with Crippen LogP contribution in [0.3, 0.4) is 0 Å². The lowest BCUT2D eigenvalue weighted by molar-refractivity contribution is 0.636. The van der Waals surface area contributed by atoms with E-state index in [1.807, 2.05) is 19.1 Å². The maximum Gasteiger partial charge on any atom is 0.177 e. The van der Waals surface area contributed by atoms with Gasteiger partial charge < -0.3 is 4.98 Å². The predicted octanol–water partition coefficient (Wildman–Crippen LogP) is 5.88. The summed E-state index contributed by atoms with van der Waals surface area (Å²) in [6.07, 6.45) is 5.07. The van der Waals surface area contributed by atoms with Crippen LogP contribution in [-0.2, 0) is 0 Å². The van der Waals surface area contributed by atoms with E-state index in [1.165, 1.54) is 12.1 Å². The number of hydrogen-bond acceptors (Lipinski definition) is 5. The molecule has 0 aliphatic rings. The summed E-state index contributed by atoms with van der Waals surface area (Å²) in [5.41, 5.74) is 5.25. The largest absolute Gasteiger partial charge is 0.337 e. The summed E-state index contributed by atoms with van der Waals surface area (Å²) in [5, 5.41) is 7.39. The van der Waals surface area contributed by atoms with Crippen LogP contribution < -0.4 is 0 Å². The van der Waals surface area contributed by atoms with E-state index in [-0.39, 0.29) is 10.6 Å². The van der Waals surface area contributed by atoms with Gasteiger partial charge in [-0.25, -0.2) is 9.37 Å². The molecule has 0 saturated heterocycles. The lowest BCUT2D eigenvalue weighted by Gasteiger charge is -2.06. The minimum atomic E-state index is -0.434. The SMILES string of the molecule is Cc1ccncc1-c1cc(F)c2n[nH]c(-c3nc4c(-c5ccc(F)s5)nccc4[nH]3)c2c1. The van der Waals surface area contributed by atoms with Crippen LogP contribution in [0.1, 0.15) is 5.56 Å². The van der Waals surface area contributed by atoms with Crippen molar-refractivity contribution in [2.75, 3.05) is 0 Å². The van der Waals surface area contributed by atoms with Crippen molar-refractivity contribution < 1.29 is 8.78 Å². The Morgan fingerprint density at radius 1 is 1.00 bits per heavy atom. The molecular weight excluding hydrogens is 430 g/mol. The number of aromatic amines is 2. The molecule has 0 amide bonds. The number of nitrogens with one attached hydrogen (secondary N) is 2. The number of thiophene rings is 1. The zero-order valence-corrected chi connectivity index (χ0v) is 17.5. The van der Waals surface area contributed by atoms with Gasteiger partial charge in [-0.05, 0) is 54.4 Å². The molecule has 6 rings (SSSR count). The Morgan fingerprint density at radius 3 is 2.72 bits per heavy atom. The quantitative estimate of drug-likeness (QED) is 0.357. The molecule has 6 aromatic rings. The second-order valence-electron chi connectivity index (χ2n) is 7.39. The van der Waals surface area contributed by atoms with E-state index in [0.29, 0.717) is 38.6 Å². The van der Waals surface area contributed by atoms with E-state index in [0.717, 1.165) is 28.0 Å². The number of imidazole rings is 1. The average Bonchev–Trinajstić information content (AvgIpc) is 3.51.